The second kappa shape index (κ2) is 7.04. The van der Waals surface area contributed by atoms with Gasteiger partial charge in [-0.3, -0.25) is 0 Å². The fraction of sp³-hybridized carbons (Fsp3) is 0.647. The lowest BCUT2D eigenvalue weighted by atomic mass is 9.82. The van der Waals surface area contributed by atoms with Crippen molar-refractivity contribution in [1.29, 1.82) is 0 Å². The molecule has 2 heteroatoms. The largest absolute Gasteiger partial charge is 0.310 e. The molecule has 0 radical (unpaired) electrons. The van der Waals surface area contributed by atoms with Crippen molar-refractivity contribution >= 4 is 0 Å². The summed E-state index contributed by atoms with van der Waals surface area (Å²) in [6.07, 6.45) is 6.53. The third-order valence-corrected chi connectivity index (χ3v) is 4.38. The zero-order valence-electron chi connectivity index (χ0n) is 12.2. The van der Waals surface area contributed by atoms with Crippen LogP contribution in [0.2, 0.25) is 0 Å². The van der Waals surface area contributed by atoms with Crippen LogP contribution in [0.3, 0.4) is 0 Å². The monoisotopic (exact) mass is 263 g/mol. The minimum atomic E-state index is -0.153. The van der Waals surface area contributed by atoms with Crippen LogP contribution in [-0.2, 0) is 0 Å². The number of hydrogen-bond donors (Lipinski definition) is 1. The van der Waals surface area contributed by atoms with E-state index in [2.05, 4.69) is 19.2 Å². The molecule has 1 saturated carbocycles. The molecule has 1 N–H and O–H groups in total. The predicted molar refractivity (Wildman–Crippen MR) is 78.6 cm³/mol. The molecule has 3 atom stereocenters. The van der Waals surface area contributed by atoms with Gasteiger partial charge in [-0.1, -0.05) is 38.8 Å². The summed E-state index contributed by atoms with van der Waals surface area (Å²) in [5, 5.41) is 3.67. The normalized spacial score (nSPS) is 25.2. The van der Waals surface area contributed by atoms with Crippen molar-refractivity contribution in [1.82, 2.24) is 5.32 Å². The minimum absolute atomic E-state index is 0.153. The Hall–Kier alpha value is -0.890. The third kappa shape index (κ3) is 4.31. The molecule has 1 nitrogen and oxygen atoms in total. The highest BCUT2D eigenvalue weighted by molar-refractivity contribution is 5.19. The first-order chi connectivity index (χ1) is 9.19. The van der Waals surface area contributed by atoms with E-state index in [0.717, 1.165) is 24.8 Å². The highest BCUT2D eigenvalue weighted by Crippen LogP contribution is 2.28. The van der Waals surface area contributed by atoms with Gasteiger partial charge in [-0.05, 0) is 55.3 Å². The maximum absolute atomic E-state index is 13.0. The maximum atomic E-state index is 13.0. The Labute approximate surface area is 116 Å². The smallest absolute Gasteiger partial charge is 0.123 e. The number of benzene rings is 1. The van der Waals surface area contributed by atoms with Crippen molar-refractivity contribution in [3.63, 3.8) is 0 Å². The van der Waals surface area contributed by atoms with Gasteiger partial charge in [0.1, 0.15) is 5.82 Å². The van der Waals surface area contributed by atoms with Crippen LogP contribution >= 0.6 is 0 Å². The first-order valence-corrected chi connectivity index (χ1v) is 7.68. The van der Waals surface area contributed by atoms with Crippen LogP contribution in [0, 0.1) is 17.7 Å². The van der Waals surface area contributed by atoms with Crippen LogP contribution in [0.25, 0.3) is 0 Å². The molecule has 0 amide bonds. The number of hydrogen-bond acceptors (Lipinski definition) is 1. The zero-order valence-corrected chi connectivity index (χ0v) is 12.2. The van der Waals surface area contributed by atoms with Crippen LogP contribution in [0.4, 0.5) is 4.39 Å². The summed E-state index contributed by atoms with van der Waals surface area (Å²) >= 11 is 0. The maximum Gasteiger partial charge on any atom is 0.123 e. The van der Waals surface area contributed by atoms with E-state index in [1.807, 2.05) is 12.1 Å². The van der Waals surface area contributed by atoms with Gasteiger partial charge in [-0.15, -0.1) is 0 Å². The summed E-state index contributed by atoms with van der Waals surface area (Å²) in [6, 6.07) is 7.28. The summed E-state index contributed by atoms with van der Waals surface area (Å²) in [5.74, 6) is 1.55. The number of halogens is 1. The average Bonchev–Trinajstić information content (AvgIpc) is 2.41. The van der Waals surface area contributed by atoms with Crippen molar-refractivity contribution in [3.8, 4) is 0 Å². The van der Waals surface area contributed by atoms with Crippen molar-refractivity contribution in [2.45, 2.75) is 52.0 Å². The Bertz CT molecular complexity index is 373. The molecule has 0 aliphatic heterocycles. The van der Waals surface area contributed by atoms with Crippen LogP contribution in [0.15, 0.2) is 24.3 Å². The molecule has 3 unspecified atom stereocenters. The van der Waals surface area contributed by atoms with Crippen LogP contribution in [-0.4, -0.2) is 6.54 Å². The van der Waals surface area contributed by atoms with Crippen molar-refractivity contribution in [2.75, 3.05) is 6.54 Å². The summed E-state index contributed by atoms with van der Waals surface area (Å²) in [7, 11) is 0. The van der Waals surface area contributed by atoms with Crippen molar-refractivity contribution in [2.24, 2.45) is 11.8 Å². The Morgan fingerprint density at radius 3 is 2.63 bits per heavy atom. The Morgan fingerprint density at radius 2 is 2.00 bits per heavy atom. The summed E-state index contributed by atoms with van der Waals surface area (Å²) < 4.78 is 13.0. The first-order valence-electron chi connectivity index (χ1n) is 7.68. The Balaban J connectivity index is 1.87. The zero-order chi connectivity index (χ0) is 13.7. The fourth-order valence-electron chi connectivity index (χ4n) is 3.25. The quantitative estimate of drug-likeness (QED) is 0.812. The Morgan fingerprint density at radius 1 is 1.26 bits per heavy atom. The van der Waals surface area contributed by atoms with E-state index in [1.165, 1.54) is 31.2 Å². The first kappa shape index (κ1) is 14.5. The van der Waals surface area contributed by atoms with E-state index in [4.69, 9.17) is 0 Å². The van der Waals surface area contributed by atoms with Gasteiger partial charge in [0.2, 0.25) is 0 Å². The highest BCUT2D eigenvalue weighted by atomic mass is 19.1. The molecule has 1 aromatic carbocycles. The lowest BCUT2D eigenvalue weighted by Gasteiger charge is -2.28. The van der Waals surface area contributed by atoms with Gasteiger partial charge in [-0.2, -0.15) is 0 Å². The van der Waals surface area contributed by atoms with Crippen LogP contribution < -0.4 is 5.32 Å². The highest BCUT2D eigenvalue weighted by Gasteiger charge is 2.19. The van der Waals surface area contributed by atoms with Gasteiger partial charge >= 0.3 is 0 Å². The predicted octanol–water partition coefficient (Wildman–Crippen LogP) is 4.69. The van der Waals surface area contributed by atoms with Gasteiger partial charge < -0.3 is 5.32 Å². The molecule has 106 valence electrons. The van der Waals surface area contributed by atoms with E-state index >= 15 is 0 Å². The van der Waals surface area contributed by atoms with E-state index < -0.39 is 0 Å². The Kier molecular flexibility index (Phi) is 5.38. The van der Waals surface area contributed by atoms with Gasteiger partial charge in [0.05, 0.1) is 0 Å². The summed E-state index contributed by atoms with van der Waals surface area (Å²) in [5.41, 5.74) is 1.20. The van der Waals surface area contributed by atoms with Gasteiger partial charge in [0, 0.05) is 6.04 Å². The van der Waals surface area contributed by atoms with Gasteiger partial charge in [-0.25, -0.2) is 4.39 Å². The SMILES string of the molecule is CCC(NCC1CCCC(C)C1)c1ccc(F)cc1. The standard InChI is InChI=1S/C17H26FN/c1-3-17(15-7-9-16(18)10-8-15)19-12-14-6-4-5-13(2)11-14/h7-10,13-14,17,19H,3-6,11-12H2,1-2H3. The third-order valence-electron chi connectivity index (χ3n) is 4.38. The summed E-state index contributed by atoms with van der Waals surface area (Å²) in [6.45, 7) is 5.65. The number of nitrogens with one attached hydrogen (secondary N) is 1. The van der Waals surface area contributed by atoms with E-state index in [0.29, 0.717) is 6.04 Å². The lowest BCUT2D eigenvalue weighted by Crippen LogP contribution is -2.29. The van der Waals surface area contributed by atoms with Crippen LogP contribution in [0.5, 0.6) is 0 Å². The fourth-order valence-corrected chi connectivity index (χ4v) is 3.25. The average molecular weight is 263 g/mol. The molecule has 0 saturated heterocycles. The van der Waals surface area contributed by atoms with E-state index in [1.54, 1.807) is 12.1 Å². The molecular formula is C17H26FN. The van der Waals surface area contributed by atoms with Gasteiger partial charge in [0.25, 0.3) is 0 Å². The molecule has 0 heterocycles. The van der Waals surface area contributed by atoms with E-state index in [-0.39, 0.29) is 5.82 Å². The molecule has 0 spiro atoms. The lowest BCUT2D eigenvalue weighted by molar-refractivity contribution is 0.266. The summed E-state index contributed by atoms with van der Waals surface area (Å²) in [4.78, 5) is 0. The van der Waals surface area contributed by atoms with Gasteiger partial charge in [0.15, 0.2) is 0 Å². The molecule has 0 bridgehead atoms. The molecule has 1 aliphatic rings. The second-order valence-electron chi connectivity index (χ2n) is 6.06. The molecule has 1 aromatic rings. The van der Waals surface area contributed by atoms with Crippen molar-refractivity contribution in [3.05, 3.63) is 35.6 Å². The van der Waals surface area contributed by atoms with Crippen LogP contribution in [0.1, 0.15) is 57.6 Å². The minimum Gasteiger partial charge on any atom is -0.310 e. The van der Waals surface area contributed by atoms with Crippen molar-refractivity contribution < 1.29 is 4.39 Å². The van der Waals surface area contributed by atoms with E-state index in [9.17, 15) is 4.39 Å². The molecule has 1 fully saturated rings. The molecular weight excluding hydrogens is 237 g/mol. The molecule has 1 aliphatic carbocycles. The molecule has 0 aromatic heterocycles. The topological polar surface area (TPSA) is 12.0 Å². The second-order valence-corrected chi connectivity index (χ2v) is 6.06. The molecule has 19 heavy (non-hydrogen) atoms. The molecule has 2 rings (SSSR count). The number of rotatable bonds is 5.